The minimum atomic E-state index is -0.914. The molecule has 2 N–H and O–H groups in total. The quantitative estimate of drug-likeness (QED) is 0.836. The van der Waals surface area contributed by atoms with Gasteiger partial charge in [-0.1, -0.05) is 35.5 Å². The fraction of sp³-hybridized carbons (Fsp3) is 0.421. The predicted molar refractivity (Wildman–Crippen MR) is 94.1 cm³/mol. The molecule has 0 spiro atoms. The van der Waals surface area contributed by atoms with Crippen molar-refractivity contribution in [3.63, 3.8) is 0 Å². The summed E-state index contributed by atoms with van der Waals surface area (Å²) in [6.07, 6.45) is -1.42. The third-order valence-corrected chi connectivity index (χ3v) is 5.65. The van der Waals surface area contributed by atoms with E-state index >= 15 is 0 Å². The van der Waals surface area contributed by atoms with Gasteiger partial charge in [0.15, 0.2) is 0 Å². The molecule has 1 aromatic carbocycles. The predicted octanol–water partition coefficient (Wildman–Crippen LogP) is 2.39. The lowest BCUT2D eigenvalue weighted by Gasteiger charge is -2.23. The van der Waals surface area contributed by atoms with Crippen molar-refractivity contribution in [2.75, 3.05) is 19.6 Å². The third kappa shape index (κ3) is 3.11. The summed E-state index contributed by atoms with van der Waals surface area (Å²) >= 11 is 0. The SMILES string of the molecule is Cc1cc([C@]2(CNC(=O)OCc3ccccc3)[C@@H]3CN(C(=O)O)C[C@@H]32)no1. The molecule has 1 aliphatic carbocycles. The highest BCUT2D eigenvalue weighted by Crippen LogP contribution is 2.63. The fourth-order valence-corrected chi connectivity index (χ4v) is 4.20. The first-order chi connectivity index (χ1) is 13.0. The number of carbonyl (C=O) groups is 2. The van der Waals surface area contributed by atoms with Gasteiger partial charge in [-0.2, -0.15) is 0 Å². The van der Waals surface area contributed by atoms with Gasteiger partial charge in [0.1, 0.15) is 12.4 Å². The first kappa shape index (κ1) is 17.4. The molecule has 2 amide bonds. The molecule has 1 aliphatic heterocycles. The maximum absolute atomic E-state index is 12.1. The number of likely N-dealkylation sites (tertiary alicyclic amines) is 1. The van der Waals surface area contributed by atoms with Crippen molar-refractivity contribution in [1.82, 2.24) is 15.4 Å². The van der Waals surface area contributed by atoms with E-state index in [4.69, 9.17) is 9.26 Å². The minimum absolute atomic E-state index is 0.118. The molecule has 8 nitrogen and oxygen atoms in total. The molecule has 2 aliphatic rings. The molecule has 0 bridgehead atoms. The van der Waals surface area contributed by atoms with E-state index in [9.17, 15) is 14.7 Å². The van der Waals surface area contributed by atoms with Gasteiger partial charge in [0.25, 0.3) is 0 Å². The molecule has 4 rings (SSSR count). The monoisotopic (exact) mass is 371 g/mol. The Labute approximate surface area is 156 Å². The van der Waals surface area contributed by atoms with Crippen molar-refractivity contribution in [1.29, 1.82) is 0 Å². The first-order valence-corrected chi connectivity index (χ1v) is 8.87. The number of alkyl carbamates (subject to hydrolysis) is 1. The molecular formula is C19H21N3O5. The van der Waals surface area contributed by atoms with Crippen molar-refractivity contribution in [2.24, 2.45) is 11.8 Å². The number of carbonyl (C=O) groups excluding carboxylic acids is 1. The Bertz CT molecular complexity index is 838. The van der Waals surface area contributed by atoms with Crippen molar-refractivity contribution < 1.29 is 24.0 Å². The zero-order chi connectivity index (χ0) is 19.0. The van der Waals surface area contributed by atoms with Crippen LogP contribution in [-0.4, -0.2) is 47.0 Å². The number of carboxylic acid groups (broad SMARTS) is 1. The van der Waals surface area contributed by atoms with Crippen LogP contribution in [0.25, 0.3) is 0 Å². The molecule has 1 saturated heterocycles. The van der Waals surface area contributed by atoms with Crippen LogP contribution in [0, 0.1) is 18.8 Å². The number of hydrogen-bond acceptors (Lipinski definition) is 5. The lowest BCUT2D eigenvalue weighted by atomic mass is 9.95. The number of amides is 2. The van der Waals surface area contributed by atoms with Crippen LogP contribution >= 0.6 is 0 Å². The number of nitrogens with one attached hydrogen (secondary N) is 1. The third-order valence-electron chi connectivity index (χ3n) is 5.65. The van der Waals surface area contributed by atoms with Crippen molar-refractivity contribution in [2.45, 2.75) is 18.9 Å². The van der Waals surface area contributed by atoms with Gasteiger partial charge in [-0.25, -0.2) is 9.59 Å². The van der Waals surface area contributed by atoms with Gasteiger partial charge in [0.2, 0.25) is 0 Å². The number of piperidine rings is 1. The molecule has 2 heterocycles. The van der Waals surface area contributed by atoms with Crippen LogP contribution in [0.1, 0.15) is 17.0 Å². The Morgan fingerprint density at radius 3 is 2.63 bits per heavy atom. The summed E-state index contributed by atoms with van der Waals surface area (Å²) in [6, 6.07) is 11.3. The van der Waals surface area contributed by atoms with Gasteiger partial charge >= 0.3 is 12.2 Å². The van der Waals surface area contributed by atoms with Crippen LogP contribution in [0.5, 0.6) is 0 Å². The van der Waals surface area contributed by atoms with E-state index in [0.717, 1.165) is 11.3 Å². The number of ether oxygens (including phenoxy) is 1. The Morgan fingerprint density at radius 2 is 2.04 bits per heavy atom. The topological polar surface area (TPSA) is 105 Å². The molecule has 0 radical (unpaired) electrons. The van der Waals surface area contributed by atoms with Crippen LogP contribution in [0.3, 0.4) is 0 Å². The maximum atomic E-state index is 12.1. The molecule has 0 unspecified atom stereocenters. The largest absolute Gasteiger partial charge is 0.465 e. The van der Waals surface area contributed by atoms with Crippen molar-refractivity contribution >= 4 is 12.2 Å². The maximum Gasteiger partial charge on any atom is 0.407 e. The number of aryl methyl sites for hydroxylation is 1. The normalized spacial score (nSPS) is 25.7. The van der Waals surface area contributed by atoms with E-state index in [0.29, 0.717) is 25.4 Å². The van der Waals surface area contributed by atoms with Crippen molar-refractivity contribution in [3.05, 3.63) is 53.4 Å². The molecule has 1 aromatic heterocycles. The highest BCUT2D eigenvalue weighted by Gasteiger charge is 2.70. The smallest absolute Gasteiger partial charge is 0.407 e. The van der Waals surface area contributed by atoms with E-state index < -0.39 is 17.6 Å². The van der Waals surface area contributed by atoms with Crippen molar-refractivity contribution in [3.8, 4) is 0 Å². The second kappa shape index (κ2) is 6.61. The van der Waals surface area contributed by atoms with Gasteiger partial charge in [-0.05, 0) is 24.3 Å². The average molecular weight is 371 g/mol. The summed E-state index contributed by atoms with van der Waals surface area (Å²) in [4.78, 5) is 24.8. The van der Waals surface area contributed by atoms with E-state index in [1.54, 1.807) is 0 Å². The molecule has 142 valence electrons. The Hall–Kier alpha value is -3.03. The number of rotatable bonds is 5. The van der Waals surface area contributed by atoms with Crippen LogP contribution in [0.15, 0.2) is 40.9 Å². The van der Waals surface area contributed by atoms with E-state index in [1.807, 2.05) is 43.3 Å². The lowest BCUT2D eigenvalue weighted by Crippen LogP contribution is -2.40. The van der Waals surface area contributed by atoms with Gasteiger partial charge in [0.05, 0.1) is 5.69 Å². The second-order valence-electron chi connectivity index (χ2n) is 7.18. The molecule has 8 heteroatoms. The van der Waals surface area contributed by atoms with Crippen LogP contribution < -0.4 is 5.32 Å². The van der Waals surface area contributed by atoms with Crippen LogP contribution in [-0.2, 0) is 16.8 Å². The van der Waals surface area contributed by atoms with Gasteiger partial charge in [0, 0.05) is 31.1 Å². The van der Waals surface area contributed by atoms with Crippen LogP contribution in [0.4, 0.5) is 9.59 Å². The molecule has 27 heavy (non-hydrogen) atoms. The van der Waals surface area contributed by atoms with E-state index in [1.165, 1.54) is 4.90 Å². The zero-order valence-corrected chi connectivity index (χ0v) is 14.9. The summed E-state index contributed by atoms with van der Waals surface area (Å²) in [7, 11) is 0. The Kier molecular flexibility index (Phi) is 4.25. The first-order valence-electron chi connectivity index (χ1n) is 8.87. The Morgan fingerprint density at radius 1 is 1.33 bits per heavy atom. The number of benzene rings is 1. The summed E-state index contributed by atoms with van der Waals surface area (Å²) < 4.78 is 10.5. The van der Waals surface area contributed by atoms with Gasteiger partial charge in [-0.3, -0.25) is 0 Å². The number of aromatic nitrogens is 1. The number of fused-ring (bicyclic) bond motifs is 1. The molecular weight excluding hydrogens is 350 g/mol. The molecule has 2 fully saturated rings. The van der Waals surface area contributed by atoms with Crippen LogP contribution in [0.2, 0.25) is 0 Å². The second-order valence-corrected chi connectivity index (χ2v) is 7.18. The summed E-state index contributed by atoms with van der Waals surface area (Å²) in [5.41, 5.74) is 1.29. The van der Waals surface area contributed by atoms with E-state index in [2.05, 4.69) is 10.5 Å². The number of hydrogen-bond donors (Lipinski definition) is 2. The highest BCUT2D eigenvalue weighted by atomic mass is 16.5. The van der Waals surface area contributed by atoms with Gasteiger partial charge < -0.3 is 24.6 Å². The molecule has 3 atom stereocenters. The number of nitrogens with zero attached hydrogens (tertiary/aromatic N) is 2. The summed E-state index contributed by atoms with van der Waals surface area (Å²) in [6.45, 7) is 3.23. The van der Waals surface area contributed by atoms with E-state index in [-0.39, 0.29) is 18.4 Å². The standard InChI is InChI=1S/C19H21N3O5/c1-12-7-16(21-27-12)19(14-8-22(18(24)25)9-15(14)19)11-20-17(23)26-10-13-5-3-2-4-6-13/h2-7,14-15H,8-11H2,1H3,(H,20,23)(H,24,25)/t14-,15+,19-. The fourth-order valence-electron chi connectivity index (χ4n) is 4.20. The lowest BCUT2D eigenvalue weighted by molar-refractivity contribution is 0.134. The van der Waals surface area contributed by atoms with Gasteiger partial charge in [-0.15, -0.1) is 0 Å². The average Bonchev–Trinajstić information content (AvgIpc) is 3.03. The highest BCUT2D eigenvalue weighted by molar-refractivity contribution is 5.68. The molecule has 2 aromatic rings. The summed E-state index contributed by atoms with van der Waals surface area (Å²) in [5, 5.41) is 16.2. The summed E-state index contributed by atoms with van der Waals surface area (Å²) in [5.74, 6) is 0.927. The Balaban J connectivity index is 1.40. The minimum Gasteiger partial charge on any atom is -0.465 e. The zero-order valence-electron chi connectivity index (χ0n) is 14.9. The molecule has 1 saturated carbocycles.